The van der Waals surface area contributed by atoms with Crippen molar-refractivity contribution >= 4 is 48.6 Å². The minimum absolute atomic E-state index is 0.365. The maximum atomic E-state index is 2.49. The van der Waals surface area contributed by atoms with Crippen molar-refractivity contribution in [1.82, 2.24) is 0 Å². The third kappa shape index (κ3) is 6.16. The summed E-state index contributed by atoms with van der Waals surface area (Å²) in [6.45, 7) is 0. The summed E-state index contributed by atoms with van der Waals surface area (Å²) in [6, 6.07) is 96.6. The molecule has 0 atom stereocenters. The molecule has 0 amide bonds. The highest BCUT2D eigenvalue weighted by atomic mass is 32.1. The molecule has 12 aromatic rings. The van der Waals surface area contributed by atoms with Gasteiger partial charge in [0.25, 0.3) is 0 Å². The summed E-state index contributed by atoms with van der Waals surface area (Å²) < 4.78 is 2.62. The van der Waals surface area contributed by atoms with E-state index in [1.165, 1.54) is 109 Å². The molecule has 0 bridgehead atoms. The third-order valence-electron chi connectivity index (χ3n) is 14.7. The third-order valence-corrected chi connectivity index (χ3v) is 15.9. The molecule has 2 aliphatic carbocycles. The zero-order valence-corrected chi connectivity index (χ0v) is 38.5. The summed E-state index contributed by atoms with van der Waals surface area (Å²) in [4.78, 5) is 2.37. The van der Waals surface area contributed by atoms with Gasteiger partial charge in [0.15, 0.2) is 0 Å². The van der Waals surface area contributed by atoms with Gasteiger partial charge in [-0.1, -0.05) is 200 Å². The monoisotopic (exact) mass is 893 g/mol. The van der Waals surface area contributed by atoms with Gasteiger partial charge in [0.1, 0.15) is 0 Å². The fraction of sp³-hybridized carbons (Fsp3) is 0.0149. The fourth-order valence-electron chi connectivity index (χ4n) is 11.6. The van der Waals surface area contributed by atoms with E-state index in [0.29, 0.717) is 0 Å². The Morgan fingerprint density at radius 3 is 1.19 bits per heavy atom. The average molecular weight is 894 g/mol. The average Bonchev–Trinajstić information content (AvgIpc) is 4.06. The van der Waals surface area contributed by atoms with Crippen molar-refractivity contribution in [3.8, 4) is 66.8 Å². The number of nitrogens with zero attached hydrogens (tertiary/aromatic N) is 1. The molecule has 0 radical (unpaired) electrons. The Labute approximate surface area is 406 Å². The zero-order valence-electron chi connectivity index (χ0n) is 37.7. The number of thiophene rings is 1. The van der Waals surface area contributed by atoms with Crippen molar-refractivity contribution in [2.24, 2.45) is 0 Å². The Morgan fingerprint density at radius 2 is 0.652 bits per heavy atom. The van der Waals surface area contributed by atoms with Gasteiger partial charge in [-0.05, 0) is 144 Å². The van der Waals surface area contributed by atoms with E-state index in [9.17, 15) is 0 Å². The Kier molecular flexibility index (Phi) is 9.05. The quantitative estimate of drug-likeness (QED) is 0.154. The normalized spacial score (nSPS) is 12.8. The first-order valence-electron chi connectivity index (χ1n) is 23.8. The number of rotatable bonds is 7. The van der Waals surface area contributed by atoms with Crippen molar-refractivity contribution < 1.29 is 0 Å². The number of hydrogen-bond acceptors (Lipinski definition) is 2. The highest BCUT2D eigenvalue weighted by Gasteiger charge is 2.51. The van der Waals surface area contributed by atoms with Crippen LogP contribution in [-0.2, 0) is 5.41 Å². The molecule has 0 N–H and O–H groups in total. The van der Waals surface area contributed by atoms with Crippen LogP contribution in [0.1, 0.15) is 22.3 Å². The predicted molar refractivity (Wildman–Crippen MR) is 292 cm³/mol. The van der Waals surface area contributed by atoms with E-state index < -0.39 is 0 Å². The lowest BCUT2D eigenvalue weighted by Gasteiger charge is -2.30. The van der Waals surface area contributed by atoms with Crippen molar-refractivity contribution in [3.63, 3.8) is 0 Å². The largest absolute Gasteiger partial charge is 0.311 e. The molecular weight excluding hydrogens is 851 g/mol. The molecule has 1 spiro atoms. The molecule has 2 heteroatoms. The minimum Gasteiger partial charge on any atom is -0.311 e. The Hall–Kier alpha value is -8.56. The van der Waals surface area contributed by atoms with Crippen LogP contribution in [0, 0.1) is 0 Å². The summed E-state index contributed by atoms with van der Waals surface area (Å²) in [5, 5.41) is 2.59. The van der Waals surface area contributed by atoms with E-state index in [0.717, 1.165) is 17.1 Å². The smallest absolute Gasteiger partial charge is 0.0725 e. The van der Waals surface area contributed by atoms with Crippen LogP contribution in [0.3, 0.4) is 0 Å². The highest BCUT2D eigenvalue weighted by Crippen LogP contribution is 2.63. The Bertz CT molecular complexity index is 3790. The van der Waals surface area contributed by atoms with Crippen LogP contribution in [0.2, 0.25) is 0 Å². The van der Waals surface area contributed by atoms with Gasteiger partial charge in [0.05, 0.1) is 5.41 Å². The molecule has 0 saturated carbocycles. The lowest BCUT2D eigenvalue weighted by Crippen LogP contribution is -2.25. The van der Waals surface area contributed by atoms with E-state index >= 15 is 0 Å². The van der Waals surface area contributed by atoms with Crippen LogP contribution in [0.4, 0.5) is 17.1 Å². The molecular formula is C67H43NS. The van der Waals surface area contributed by atoms with Crippen LogP contribution in [0.15, 0.2) is 261 Å². The number of fused-ring (bicyclic) bond motifs is 13. The summed E-state index contributed by atoms with van der Waals surface area (Å²) in [5.41, 5.74) is 23.4. The molecule has 322 valence electrons. The van der Waals surface area contributed by atoms with Gasteiger partial charge in [0, 0.05) is 42.8 Å². The van der Waals surface area contributed by atoms with Gasteiger partial charge in [-0.2, -0.15) is 0 Å². The standard InChI is InChI=1S/C67H43NS/c1-3-15-44(16-4-1)46-27-34-51(35-28-46)68(52-36-29-47(30-37-52)45-17-5-2-6-18-45)53-38-31-48(32-39-53)50-42-58(66-60(43-50)57-22-10-14-26-65(57)69-66)49-33-40-64-59(41-49)56-21-9-13-25-63(56)67(64)61-23-11-7-19-54(61)55-20-8-12-24-62(55)67/h1-43H. The highest BCUT2D eigenvalue weighted by molar-refractivity contribution is 7.26. The lowest BCUT2D eigenvalue weighted by atomic mass is 9.70. The molecule has 1 aromatic heterocycles. The second-order valence-electron chi connectivity index (χ2n) is 18.4. The fourth-order valence-corrected chi connectivity index (χ4v) is 12.8. The Morgan fingerprint density at radius 1 is 0.261 bits per heavy atom. The number of hydrogen-bond donors (Lipinski definition) is 0. The van der Waals surface area contributed by atoms with Crippen LogP contribution in [0.25, 0.3) is 86.9 Å². The molecule has 14 rings (SSSR count). The van der Waals surface area contributed by atoms with Gasteiger partial charge >= 0.3 is 0 Å². The van der Waals surface area contributed by atoms with Crippen LogP contribution in [-0.4, -0.2) is 0 Å². The first-order valence-corrected chi connectivity index (χ1v) is 24.6. The van der Waals surface area contributed by atoms with Crippen LogP contribution in [0.5, 0.6) is 0 Å². The SMILES string of the molecule is c1ccc(-c2ccc(N(c3ccc(-c4ccccc4)cc3)c3ccc(-c4cc(-c5ccc6c(c5)-c5ccccc5C65c6ccccc6-c6ccccc65)c5sc6ccccc6c5c4)cc3)cc2)cc1. The maximum Gasteiger partial charge on any atom is 0.0725 e. The molecule has 69 heavy (non-hydrogen) atoms. The number of benzene rings is 11. The van der Waals surface area contributed by atoms with Crippen LogP contribution >= 0.6 is 11.3 Å². The van der Waals surface area contributed by atoms with E-state index in [1.807, 2.05) is 11.3 Å². The molecule has 1 nitrogen and oxygen atoms in total. The molecule has 1 heterocycles. The molecule has 2 aliphatic rings. The summed E-state index contributed by atoms with van der Waals surface area (Å²) in [5.74, 6) is 0. The first-order chi connectivity index (χ1) is 34.2. The molecule has 0 unspecified atom stereocenters. The Balaban J connectivity index is 0.898. The topological polar surface area (TPSA) is 3.24 Å². The van der Waals surface area contributed by atoms with Gasteiger partial charge in [0.2, 0.25) is 0 Å². The lowest BCUT2D eigenvalue weighted by molar-refractivity contribution is 0.794. The molecule has 0 saturated heterocycles. The van der Waals surface area contributed by atoms with Crippen molar-refractivity contribution in [2.75, 3.05) is 4.90 Å². The maximum absolute atomic E-state index is 2.49. The van der Waals surface area contributed by atoms with E-state index in [4.69, 9.17) is 0 Å². The van der Waals surface area contributed by atoms with E-state index in [1.54, 1.807) is 0 Å². The molecule has 0 fully saturated rings. The summed E-state index contributed by atoms with van der Waals surface area (Å²) in [6.07, 6.45) is 0. The van der Waals surface area contributed by atoms with Crippen LogP contribution < -0.4 is 4.90 Å². The summed E-state index contributed by atoms with van der Waals surface area (Å²) >= 11 is 1.90. The second kappa shape index (κ2) is 15.8. The van der Waals surface area contributed by atoms with Gasteiger partial charge in [-0.25, -0.2) is 0 Å². The number of anilines is 3. The molecule has 11 aromatic carbocycles. The van der Waals surface area contributed by atoms with Crippen molar-refractivity contribution in [3.05, 3.63) is 283 Å². The zero-order chi connectivity index (χ0) is 45.5. The van der Waals surface area contributed by atoms with E-state index in [-0.39, 0.29) is 5.41 Å². The van der Waals surface area contributed by atoms with Crippen molar-refractivity contribution in [1.29, 1.82) is 0 Å². The first kappa shape index (κ1) is 39.6. The molecule has 0 aliphatic heterocycles. The second-order valence-corrected chi connectivity index (χ2v) is 19.4. The van der Waals surface area contributed by atoms with E-state index in [2.05, 4.69) is 266 Å². The summed E-state index contributed by atoms with van der Waals surface area (Å²) in [7, 11) is 0. The minimum atomic E-state index is -0.365. The van der Waals surface area contributed by atoms with Gasteiger partial charge in [-0.15, -0.1) is 11.3 Å². The van der Waals surface area contributed by atoms with Gasteiger partial charge in [-0.3, -0.25) is 0 Å². The van der Waals surface area contributed by atoms with Crippen molar-refractivity contribution in [2.45, 2.75) is 5.41 Å². The predicted octanol–water partition coefficient (Wildman–Crippen LogP) is 18.5. The van der Waals surface area contributed by atoms with Gasteiger partial charge < -0.3 is 4.90 Å².